The molecule has 3 aromatic rings. The summed E-state index contributed by atoms with van der Waals surface area (Å²) in [5, 5.41) is 21.8. The van der Waals surface area contributed by atoms with E-state index in [1.165, 1.54) is 0 Å². The molecular weight excluding hydrogens is 360 g/mol. The average Bonchev–Trinajstić information content (AvgIpc) is 2.67. The number of fused-ring (bicyclic) bond motifs is 1. The van der Waals surface area contributed by atoms with E-state index in [0.717, 1.165) is 28.5 Å². The van der Waals surface area contributed by atoms with Gasteiger partial charge in [0.1, 0.15) is 6.07 Å². The minimum atomic E-state index is -1.85. The molecule has 1 aromatic heterocycles. The highest BCUT2D eigenvalue weighted by atomic mass is 32.2. The summed E-state index contributed by atoms with van der Waals surface area (Å²) in [6, 6.07) is 15.7. The van der Waals surface area contributed by atoms with Gasteiger partial charge in [-0.05, 0) is 42.2 Å². The van der Waals surface area contributed by atoms with Crippen LogP contribution in [-0.2, 0) is 16.8 Å². The van der Waals surface area contributed by atoms with Crippen LogP contribution in [0.1, 0.15) is 31.5 Å². The number of nitrogens with one attached hydrogen (secondary N) is 1. The number of aromatic nitrogens is 2. The van der Waals surface area contributed by atoms with Crippen LogP contribution >= 0.6 is 0 Å². The van der Waals surface area contributed by atoms with Gasteiger partial charge >= 0.3 is 0 Å². The number of nitriles is 1. The van der Waals surface area contributed by atoms with E-state index in [4.69, 9.17) is 4.55 Å². The van der Waals surface area contributed by atoms with Crippen LogP contribution in [-0.4, -0.2) is 25.0 Å². The monoisotopic (exact) mass is 380 g/mol. The summed E-state index contributed by atoms with van der Waals surface area (Å²) in [6.45, 7) is 4.14. The quantitative estimate of drug-likeness (QED) is 0.625. The zero-order valence-corrected chi connectivity index (χ0v) is 16.0. The molecule has 0 amide bonds. The predicted octanol–water partition coefficient (Wildman–Crippen LogP) is 4.10. The highest BCUT2D eigenvalue weighted by Crippen LogP contribution is 2.29. The molecule has 27 heavy (non-hydrogen) atoms. The fourth-order valence-electron chi connectivity index (χ4n) is 2.80. The van der Waals surface area contributed by atoms with E-state index in [0.29, 0.717) is 11.2 Å². The predicted molar refractivity (Wildman–Crippen MR) is 108 cm³/mol. The Morgan fingerprint density at radius 3 is 2.52 bits per heavy atom. The van der Waals surface area contributed by atoms with Crippen molar-refractivity contribution < 1.29 is 8.76 Å². The van der Waals surface area contributed by atoms with Crippen molar-refractivity contribution in [2.45, 2.75) is 32.1 Å². The van der Waals surface area contributed by atoms with Gasteiger partial charge in [-0.3, -0.25) is 0 Å². The minimum Gasteiger partial charge on any atom is -0.380 e. The number of hydrogen-bond acceptors (Lipinski definition) is 5. The van der Waals surface area contributed by atoms with Gasteiger partial charge < -0.3 is 9.87 Å². The molecule has 0 bridgehead atoms. The zero-order chi connectivity index (χ0) is 19.4. The van der Waals surface area contributed by atoms with Gasteiger partial charge in [-0.15, -0.1) is 10.2 Å². The van der Waals surface area contributed by atoms with Gasteiger partial charge in [-0.2, -0.15) is 5.26 Å². The third kappa shape index (κ3) is 4.30. The van der Waals surface area contributed by atoms with Gasteiger partial charge in [-0.1, -0.05) is 37.3 Å². The second kappa shape index (κ2) is 8.25. The van der Waals surface area contributed by atoms with Crippen molar-refractivity contribution in [3.63, 3.8) is 0 Å². The molecule has 3 rings (SSSR count). The molecule has 6 nitrogen and oxygen atoms in total. The Kier molecular flexibility index (Phi) is 5.79. The second-order valence-corrected chi connectivity index (χ2v) is 7.32. The summed E-state index contributed by atoms with van der Waals surface area (Å²) in [7, 11) is 0. The maximum Gasteiger partial charge on any atom is 0.186 e. The fourth-order valence-corrected chi connectivity index (χ4v) is 3.27. The highest BCUT2D eigenvalue weighted by molar-refractivity contribution is 7.78. The molecule has 138 valence electrons. The fraction of sp³-hybridized carbons (Fsp3) is 0.250. The smallest absolute Gasteiger partial charge is 0.186 e. The molecule has 1 unspecified atom stereocenters. The summed E-state index contributed by atoms with van der Waals surface area (Å²) in [4.78, 5) is 0. The topological polar surface area (TPSA) is 98.9 Å². The van der Waals surface area contributed by atoms with Gasteiger partial charge in [0.15, 0.2) is 16.8 Å². The van der Waals surface area contributed by atoms with Crippen molar-refractivity contribution >= 4 is 27.7 Å². The Balaban J connectivity index is 2.00. The molecule has 0 aliphatic carbocycles. The number of benzene rings is 2. The van der Waals surface area contributed by atoms with Crippen molar-refractivity contribution in [1.82, 2.24) is 10.2 Å². The van der Waals surface area contributed by atoms with E-state index in [-0.39, 0.29) is 17.5 Å². The lowest BCUT2D eigenvalue weighted by Gasteiger charge is -2.16. The molecule has 2 aromatic carbocycles. The highest BCUT2D eigenvalue weighted by Gasteiger charge is 2.13. The Bertz CT molecular complexity index is 1030. The third-order valence-corrected chi connectivity index (χ3v) is 5.03. The van der Waals surface area contributed by atoms with Gasteiger partial charge in [-0.25, -0.2) is 4.21 Å². The summed E-state index contributed by atoms with van der Waals surface area (Å²) >= 11 is -1.85. The normalized spacial score (nSPS) is 13.1. The molecule has 7 heteroatoms. The first-order valence-corrected chi connectivity index (χ1v) is 9.93. The lowest BCUT2D eigenvalue weighted by Crippen LogP contribution is -2.15. The first-order valence-electron chi connectivity index (χ1n) is 8.65. The lowest BCUT2D eigenvalue weighted by atomic mass is 10.0. The number of nitrogens with zero attached hydrogens (tertiary/aromatic N) is 3. The van der Waals surface area contributed by atoms with Crippen molar-refractivity contribution in [2.75, 3.05) is 5.32 Å². The van der Waals surface area contributed by atoms with E-state index in [1.807, 2.05) is 42.5 Å². The zero-order valence-electron chi connectivity index (χ0n) is 15.1. The summed E-state index contributed by atoms with van der Waals surface area (Å²) in [5.74, 6) is 0.116. The van der Waals surface area contributed by atoms with Crippen molar-refractivity contribution in [3.8, 4) is 17.2 Å². The first-order chi connectivity index (χ1) is 13.0. The van der Waals surface area contributed by atoms with Gasteiger partial charge in [0.05, 0.1) is 17.0 Å². The van der Waals surface area contributed by atoms with Crippen LogP contribution in [0.15, 0.2) is 42.5 Å². The standard InChI is InChI=1S/C20H20N4O2S/c1-3-13(2)22-20-17-9-8-16(10-18(17)23-24-19(20)11-21)15-6-4-14(5-7-15)12-27(25)26/h4-10,13H,3,12H2,1-2H3,(H,22,23)(H,25,26)/t13-/m1/s1. The van der Waals surface area contributed by atoms with Crippen LogP contribution in [0, 0.1) is 11.3 Å². The lowest BCUT2D eigenvalue weighted by molar-refractivity contribution is 0.563. The van der Waals surface area contributed by atoms with Crippen LogP contribution < -0.4 is 5.32 Å². The number of anilines is 1. The van der Waals surface area contributed by atoms with E-state index in [2.05, 4.69) is 35.4 Å². The van der Waals surface area contributed by atoms with Gasteiger partial charge in [0.25, 0.3) is 0 Å². The van der Waals surface area contributed by atoms with Gasteiger partial charge in [0, 0.05) is 11.4 Å². The van der Waals surface area contributed by atoms with Crippen molar-refractivity contribution in [3.05, 3.63) is 53.7 Å². The van der Waals surface area contributed by atoms with E-state index in [9.17, 15) is 9.47 Å². The van der Waals surface area contributed by atoms with Gasteiger partial charge in [0.2, 0.25) is 0 Å². The molecule has 0 saturated heterocycles. The Morgan fingerprint density at radius 2 is 1.89 bits per heavy atom. The van der Waals surface area contributed by atoms with Crippen molar-refractivity contribution in [2.24, 2.45) is 0 Å². The molecule has 2 N–H and O–H groups in total. The molecule has 0 aliphatic rings. The first kappa shape index (κ1) is 19.0. The Hall–Kier alpha value is -2.82. The van der Waals surface area contributed by atoms with E-state index in [1.54, 1.807) is 0 Å². The van der Waals surface area contributed by atoms with E-state index < -0.39 is 11.1 Å². The van der Waals surface area contributed by atoms with Crippen LogP contribution in [0.2, 0.25) is 0 Å². The molecular formula is C20H20N4O2S. The van der Waals surface area contributed by atoms with Crippen LogP contribution in [0.4, 0.5) is 5.69 Å². The molecule has 0 aliphatic heterocycles. The second-order valence-electron chi connectivity index (χ2n) is 6.38. The molecule has 1 heterocycles. The molecule has 0 radical (unpaired) electrons. The Morgan fingerprint density at radius 1 is 1.19 bits per heavy atom. The number of hydrogen-bond donors (Lipinski definition) is 2. The number of rotatable bonds is 6. The maximum absolute atomic E-state index is 10.9. The van der Waals surface area contributed by atoms with Crippen LogP contribution in [0.3, 0.4) is 0 Å². The average molecular weight is 380 g/mol. The summed E-state index contributed by atoms with van der Waals surface area (Å²) in [5.41, 5.74) is 4.46. The SMILES string of the molecule is CC[C@@H](C)Nc1c(C#N)nnc2cc(-c3ccc(CS(=O)O)cc3)ccc12. The summed E-state index contributed by atoms with van der Waals surface area (Å²) in [6.07, 6.45) is 0.928. The maximum atomic E-state index is 10.9. The minimum absolute atomic E-state index is 0.116. The van der Waals surface area contributed by atoms with Crippen LogP contribution in [0.5, 0.6) is 0 Å². The molecule has 0 saturated carbocycles. The Labute approximate surface area is 160 Å². The van der Waals surface area contributed by atoms with E-state index >= 15 is 0 Å². The molecule has 2 atom stereocenters. The molecule has 0 spiro atoms. The largest absolute Gasteiger partial charge is 0.380 e. The molecule has 0 fully saturated rings. The van der Waals surface area contributed by atoms with Crippen molar-refractivity contribution in [1.29, 1.82) is 5.26 Å². The third-order valence-electron chi connectivity index (χ3n) is 4.45. The summed E-state index contributed by atoms with van der Waals surface area (Å²) < 4.78 is 19.9. The van der Waals surface area contributed by atoms with Crippen LogP contribution in [0.25, 0.3) is 22.0 Å².